The lowest BCUT2D eigenvalue weighted by Gasteiger charge is -2.15. The Morgan fingerprint density at radius 3 is 2.76 bits per heavy atom. The minimum absolute atomic E-state index is 0.0425. The molecule has 2 rings (SSSR count). The second kappa shape index (κ2) is 6.69. The maximum Gasteiger partial charge on any atom is 0.253 e. The van der Waals surface area contributed by atoms with Crippen molar-refractivity contribution in [2.75, 3.05) is 18.9 Å². The molecular weight excluding hydrogens is 270 g/mol. The van der Waals surface area contributed by atoms with Crippen LogP contribution in [0.3, 0.4) is 0 Å². The summed E-state index contributed by atoms with van der Waals surface area (Å²) >= 11 is 0. The van der Waals surface area contributed by atoms with E-state index >= 15 is 0 Å². The van der Waals surface area contributed by atoms with E-state index in [1.165, 1.54) is 0 Å². The van der Waals surface area contributed by atoms with E-state index < -0.39 is 6.10 Å². The van der Waals surface area contributed by atoms with Crippen LogP contribution in [0.15, 0.2) is 18.2 Å². The maximum atomic E-state index is 12.2. The van der Waals surface area contributed by atoms with E-state index in [9.17, 15) is 9.59 Å². The standard InChI is InChI=1S/C15H21N3O3/c1-9-11(14(19)17-2)4-3-5-12(9)18-15(20)13-7-6-10(8-16)21-13/h3-5,10,13H,6-8,16H2,1-2H3,(H,17,19)(H,18,20)/t10-,13+/m1/s1. The molecule has 0 aromatic heterocycles. The minimum atomic E-state index is -0.471. The van der Waals surface area contributed by atoms with Gasteiger partial charge in [-0.3, -0.25) is 9.59 Å². The van der Waals surface area contributed by atoms with E-state index in [-0.39, 0.29) is 17.9 Å². The predicted molar refractivity (Wildman–Crippen MR) is 80.1 cm³/mol. The summed E-state index contributed by atoms with van der Waals surface area (Å²) in [6.45, 7) is 2.23. The summed E-state index contributed by atoms with van der Waals surface area (Å²) in [6, 6.07) is 5.24. The van der Waals surface area contributed by atoms with Crippen LogP contribution < -0.4 is 16.4 Å². The van der Waals surface area contributed by atoms with Crippen molar-refractivity contribution in [2.45, 2.75) is 32.0 Å². The topological polar surface area (TPSA) is 93.5 Å². The number of ether oxygens (including phenoxy) is 1. The van der Waals surface area contributed by atoms with Crippen molar-refractivity contribution in [2.24, 2.45) is 5.73 Å². The summed E-state index contributed by atoms with van der Waals surface area (Å²) in [6.07, 6.45) is 0.953. The number of benzene rings is 1. The van der Waals surface area contributed by atoms with Gasteiger partial charge in [-0.2, -0.15) is 0 Å². The Kier molecular flexibility index (Phi) is 4.93. The molecule has 2 atom stereocenters. The van der Waals surface area contributed by atoms with Gasteiger partial charge in [0.15, 0.2) is 0 Å². The lowest BCUT2D eigenvalue weighted by atomic mass is 10.1. The first-order valence-corrected chi connectivity index (χ1v) is 7.05. The molecule has 114 valence electrons. The fourth-order valence-electron chi connectivity index (χ4n) is 2.44. The Bertz CT molecular complexity index is 545. The third-order valence-corrected chi connectivity index (χ3v) is 3.73. The number of amides is 2. The molecule has 1 aromatic rings. The van der Waals surface area contributed by atoms with E-state index in [2.05, 4.69) is 10.6 Å². The zero-order valence-corrected chi connectivity index (χ0v) is 12.3. The molecule has 0 saturated carbocycles. The molecule has 1 aliphatic rings. The van der Waals surface area contributed by atoms with Crippen LogP contribution in [0.1, 0.15) is 28.8 Å². The van der Waals surface area contributed by atoms with Crippen LogP contribution >= 0.6 is 0 Å². The Morgan fingerprint density at radius 2 is 2.14 bits per heavy atom. The third kappa shape index (κ3) is 3.40. The Hall–Kier alpha value is -1.92. The van der Waals surface area contributed by atoms with E-state index in [1.54, 1.807) is 32.2 Å². The number of hydrogen-bond acceptors (Lipinski definition) is 4. The molecule has 1 aromatic carbocycles. The number of nitrogens with two attached hydrogens (primary N) is 1. The van der Waals surface area contributed by atoms with E-state index in [0.29, 0.717) is 24.2 Å². The normalized spacial score (nSPS) is 21.1. The molecule has 0 spiro atoms. The number of anilines is 1. The fourth-order valence-corrected chi connectivity index (χ4v) is 2.44. The quantitative estimate of drug-likeness (QED) is 0.765. The molecule has 6 nitrogen and oxygen atoms in total. The second-order valence-electron chi connectivity index (χ2n) is 5.11. The van der Waals surface area contributed by atoms with Crippen LogP contribution in [0.25, 0.3) is 0 Å². The van der Waals surface area contributed by atoms with Gasteiger partial charge in [0.2, 0.25) is 0 Å². The van der Waals surface area contributed by atoms with Crippen molar-refractivity contribution in [3.8, 4) is 0 Å². The Labute approximate surface area is 124 Å². The first kappa shape index (κ1) is 15.5. The van der Waals surface area contributed by atoms with Gasteiger partial charge in [-0.05, 0) is 37.5 Å². The number of hydrogen-bond donors (Lipinski definition) is 3. The van der Waals surface area contributed by atoms with Crippen LogP contribution in [0.5, 0.6) is 0 Å². The number of carbonyl (C=O) groups is 2. The zero-order valence-electron chi connectivity index (χ0n) is 12.3. The van der Waals surface area contributed by atoms with Gasteiger partial charge < -0.3 is 21.1 Å². The molecular formula is C15H21N3O3. The van der Waals surface area contributed by atoms with Crippen LogP contribution in [0, 0.1) is 6.92 Å². The van der Waals surface area contributed by atoms with Crippen molar-refractivity contribution in [1.82, 2.24) is 5.32 Å². The van der Waals surface area contributed by atoms with Gasteiger partial charge >= 0.3 is 0 Å². The first-order chi connectivity index (χ1) is 10.1. The van der Waals surface area contributed by atoms with Crippen molar-refractivity contribution in [1.29, 1.82) is 0 Å². The lowest BCUT2D eigenvalue weighted by molar-refractivity contribution is -0.126. The van der Waals surface area contributed by atoms with Gasteiger partial charge in [0, 0.05) is 24.8 Å². The van der Waals surface area contributed by atoms with Crippen molar-refractivity contribution >= 4 is 17.5 Å². The maximum absolute atomic E-state index is 12.2. The molecule has 1 heterocycles. The summed E-state index contributed by atoms with van der Waals surface area (Å²) in [5.74, 6) is -0.369. The van der Waals surface area contributed by atoms with Crippen molar-refractivity contribution < 1.29 is 14.3 Å². The minimum Gasteiger partial charge on any atom is -0.364 e. The largest absolute Gasteiger partial charge is 0.364 e. The van der Waals surface area contributed by atoms with Crippen LogP contribution in [0.2, 0.25) is 0 Å². The number of carbonyl (C=O) groups excluding carboxylic acids is 2. The molecule has 2 amide bonds. The zero-order chi connectivity index (χ0) is 15.4. The van der Waals surface area contributed by atoms with E-state index in [0.717, 1.165) is 12.0 Å². The highest BCUT2D eigenvalue weighted by Crippen LogP contribution is 2.23. The molecule has 4 N–H and O–H groups in total. The Balaban J connectivity index is 2.09. The van der Waals surface area contributed by atoms with Gasteiger partial charge in [-0.25, -0.2) is 0 Å². The van der Waals surface area contributed by atoms with Gasteiger partial charge in [-0.15, -0.1) is 0 Å². The van der Waals surface area contributed by atoms with Gasteiger partial charge in [-0.1, -0.05) is 6.07 Å². The highest BCUT2D eigenvalue weighted by atomic mass is 16.5. The molecule has 1 saturated heterocycles. The SMILES string of the molecule is CNC(=O)c1cccc(NC(=O)[C@@H]2CC[C@H](CN)O2)c1C. The molecule has 1 fully saturated rings. The number of nitrogens with one attached hydrogen (secondary N) is 2. The highest BCUT2D eigenvalue weighted by molar-refractivity contribution is 6.00. The van der Waals surface area contributed by atoms with E-state index in [1.807, 2.05) is 0 Å². The predicted octanol–water partition coefficient (Wildman–Crippen LogP) is 0.799. The molecule has 6 heteroatoms. The summed E-state index contributed by atoms with van der Waals surface area (Å²) in [7, 11) is 1.58. The van der Waals surface area contributed by atoms with Crippen molar-refractivity contribution in [3.05, 3.63) is 29.3 Å². The summed E-state index contributed by atoms with van der Waals surface area (Å²) < 4.78 is 5.57. The Morgan fingerprint density at radius 1 is 1.38 bits per heavy atom. The second-order valence-corrected chi connectivity index (χ2v) is 5.11. The van der Waals surface area contributed by atoms with Gasteiger partial charge in [0.25, 0.3) is 11.8 Å². The highest BCUT2D eigenvalue weighted by Gasteiger charge is 2.30. The van der Waals surface area contributed by atoms with E-state index in [4.69, 9.17) is 10.5 Å². The summed E-state index contributed by atoms with van der Waals surface area (Å²) in [5.41, 5.74) is 7.44. The summed E-state index contributed by atoms with van der Waals surface area (Å²) in [5, 5.41) is 5.41. The van der Waals surface area contributed by atoms with Crippen LogP contribution in [0.4, 0.5) is 5.69 Å². The fraction of sp³-hybridized carbons (Fsp3) is 0.467. The number of rotatable bonds is 4. The molecule has 0 aliphatic carbocycles. The average Bonchev–Trinajstić information content (AvgIpc) is 2.97. The molecule has 21 heavy (non-hydrogen) atoms. The monoisotopic (exact) mass is 291 g/mol. The summed E-state index contributed by atoms with van der Waals surface area (Å²) in [4.78, 5) is 23.9. The first-order valence-electron chi connectivity index (χ1n) is 7.05. The third-order valence-electron chi connectivity index (χ3n) is 3.73. The van der Waals surface area contributed by atoms with Crippen LogP contribution in [-0.2, 0) is 9.53 Å². The van der Waals surface area contributed by atoms with Gasteiger partial charge in [0.05, 0.1) is 6.10 Å². The van der Waals surface area contributed by atoms with Crippen molar-refractivity contribution in [3.63, 3.8) is 0 Å². The molecule has 1 aliphatic heterocycles. The van der Waals surface area contributed by atoms with Gasteiger partial charge in [0.1, 0.15) is 6.10 Å². The molecule has 0 bridgehead atoms. The molecule has 0 unspecified atom stereocenters. The average molecular weight is 291 g/mol. The smallest absolute Gasteiger partial charge is 0.253 e. The van der Waals surface area contributed by atoms with Crippen LogP contribution in [-0.4, -0.2) is 37.6 Å². The lowest BCUT2D eigenvalue weighted by Crippen LogP contribution is -2.30. The molecule has 0 radical (unpaired) electrons.